The van der Waals surface area contributed by atoms with Crippen molar-refractivity contribution in [2.75, 3.05) is 0 Å². The highest BCUT2D eigenvalue weighted by atomic mass is 35.5. The Morgan fingerprint density at radius 1 is 1.36 bits per heavy atom. The summed E-state index contributed by atoms with van der Waals surface area (Å²) < 4.78 is 4.08. The van der Waals surface area contributed by atoms with E-state index in [2.05, 4.69) is 9.27 Å². The molecule has 4 heteroatoms. The lowest BCUT2D eigenvalue weighted by atomic mass is 10.2. The molecule has 0 saturated carbocycles. The van der Waals surface area contributed by atoms with Gasteiger partial charge < -0.3 is 4.29 Å². The largest absolute Gasteiger partial charge is 0.357 e. The lowest BCUT2D eigenvalue weighted by molar-refractivity contribution is 0.0751. The molecule has 1 aromatic carbocycles. The second-order valence-corrected chi connectivity index (χ2v) is 2.94. The van der Waals surface area contributed by atoms with Crippen LogP contribution in [0.3, 0.4) is 0 Å². The average molecular weight is 208 g/mol. The van der Waals surface area contributed by atoms with Crippen molar-refractivity contribution in [3.8, 4) is 0 Å². The van der Waals surface area contributed by atoms with Gasteiger partial charge in [0.05, 0.1) is 11.1 Å². The third kappa shape index (κ3) is 1.54. The molecule has 0 N–H and O–H groups in total. The minimum absolute atomic E-state index is 0.346. The summed E-state index contributed by atoms with van der Waals surface area (Å²) in [7, 11) is 0. The first-order valence-electron chi connectivity index (χ1n) is 3.99. The van der Waals surface area contributed by atoms with Gasteiger partial charge in [-0.25, -0.2) is 4.79 Å². The maximum absolute atomic E-state index is 11.1. The van der Waals surface area contributed by atoms with Gasteiger partial charge in [-0.15, -0.1) is 0 Å². The molecule has 0 amide bonds. The van der Waals surface area contributed by atoms with Gasteiger partial charge in [-0.05, 0) is 12.1 Å². The van der Waals surface area contributed by atoms with E-state index in [9.17, 15) is 4.79 Å². The fourth-order valence-electron chi connectivity index (χ4n) is 1.23. The van der Waals surface area contributed by atoms with E-state index in [4.69, 9.17) is 11.9 Å². The number of hydrogen-bond donors (Lipinski definition) is 0. The van der Waals surface area contributed by atoms with Gasteiger partial charge in [0.1, 0.15) is 11.9 Å². The predicted molar refractivity (Wildman–Crippen MR) is 53.0 cm³/mol. The molecule has 0 fully saturated rings. The third-order valence-corrected chi connectivity index (χ3v) is 2.04. The fourth-order valence-corrected chi connectivity index (χ4v) is 1.32. The Labute approximate surface area is 85.4 Å². The van der Waals surface area contributed by atoms with Crippen LogP contribution in [0.4, 0.5) is 0 Å². The Kier molecular flexibility index (Phi) is 2.33. The van der Waals surface area contributed by atoms with Gasteiger partial charge in [0, 0.05) is 11.6 Å². The van der Waals surface area contributed by atoms with Crippen molar-refractivity contribution in [3.63, 3.8) is 0 Å². The van der Waals surface area contributed by atoms with Crippen LogP contribution in [0, 0.1) is 0 Å². The second kappa shape index (κ2) is 3.64. The molecule has 0 saturated heterocycles. The predicted octanol–water partition coefficient (Wildman–Crippen LogP) is 2.55. The molecule has 3 nitrogen and oxygen atoms in total. The Bertz CT molecular complexity index is 484. The van der Waals surface area contributed by atoms with E-state index in [0.717, 1.165) is 10.9 Å². The number of carbonyl (C=O) groups is 1. The SMILES string of the molecule is O=C(OCl)c1cnc2ccccc2c1. The number of halogens is 1. The zero-order valence-electron chi connectivity index (χ0n) is 7.11. The number of aromatic nitrogens is 1. The maximum Gasteiger partial charge on any atom is 0.357 e. The van der Waals surface area contributed by atoms with Gasteiger partial charge >= 0.3 is 5.97 Å². The van der Waals surface area contributed by atoms with Gasteiger partial charge in [0.2, 0.25) is 0 Å². The summed E-state index contributed by atoms with van der Waals surface area (Å²) in [6.45, 7) is 0. The Morgan fingerprint density at radius 3 is 2.93 bits per heavy atom. The highest BCUT2D eigenvalue weighted by Gasteiger charge is 2.07. The molecular weight excluding hydrogens is 202 g/mol. The van der Waals surface area contributed by atoms with E-state index in [1.807, 2.05) is 24.3 Å². The number of para-hydroxylation sites is 1. The Balaban J connectivity index is 2.56. The van der Waals surface area contributed by atoms with Crippen LogP contribution in [0.5, 0.6) is 0 Å². The summed E-state index contributed by atoms with van der Waals surface area (Å²) in [6, 6.07) is 9.18. The number of hydrogen-bond acceptors (Lipinski definition) is 3. The van der Waals surface area contributed by atoms with Gasteiger partial charge in [0.25, 0.3) is 0 Å². The van der Waals surface area contributed by atoms with Gasteiger partial charge in [-0.2, -0.15) is 0 Å². The summed E-state index contributed by atoms with van der Waals surface area (Å²) in [6.07, 6.45) is 1.44. The Hall–Kier alpha value is -1.61. The molecule has 0 bridgehead atoms. The quantitative estimate of drug-likeness (QED) is 0.722. The summed E-state index contributed by atoms with van der Waals surface area (Å²) >= 11 is 4.96. The molecular formula is C10H6ClNO2. The first-order valence-corrected chi connectivity index (χ1v) is 4.30. The molecule has 70 valence electrons. The van der Waals surface area contributed by atoms with Gasteiger partial charge in [-0.3, -0.25) is 4.98 Å². The summed E-state index contributed by atoms with van der Waals surface area (Å²) in [5.41, 5.74) is 1.18. The molecule has 0 aliphatic carbocycles. The van der Waals surface area contributed by atoms with Crippen LogP contribution < -0.4 is 0 Å². The van der Waals surface area contributed by atoms with E-state index in [1.165, 1.54) is 6.20 Å². The average Bonchev–Trinajstić information content (AvgIpc) is 2.27. The summed E-state index contributed by atoms with van der Waals surface area (Å²) in [5, 5.41) is 0.882. The van der Waals surface area contributed by atoms with Crippen LogP contribution in [0.1, 0.15) is 10.4 Å². The number of nitrogens with zero attached hydrogens (tertiary/aromatic N) is 1. The minimum Gasteiger partial charge on any atom is -0.343 e. The van der Waals surface area contributed by atoms with Crippen molar-refractivity contribution in [2.24, 2.45) is 0 Å². The van der Waals surface area contributed by atoms with Gasteiger partial charge in [-0.1, -0.05) is 18.2 Å². The fraction of sp³-hybridized carbons (Fsp3) is 0. The van der Waals surface area contributed by atoms with E-state index in [0.29, 0.717) is 5.56 Å². The lowest BCUT2D eigenvalue weighted by Crippen LogP contribution is -1.98. The van der Waals surface area contributed by atoms with Crippen molar-refractivity contribution in [1.29, 1.82) is 0 Å². The molecule has 0 aliphatic rings. The molecule has 0 aliphatic heterocycles. The first kappa shape index (κ1) is 8.97. The molecule has 0 radical (unpaired) electrons. The number of benzene rings is 1. The number of carbonyl (C=O) groups excluding carboxylic acids is 1. The van der Waals surface area contributed by atoms with Crippen LogP contribution in [-0.4, -0.2) is 11.0 Å². The molecule has 2 aromatic rings. The number of fused-ring (bicyclic) bond motifs is 1. The van der Waals surface area contributed by atoms with Crippen molar-refractivity contribution in [1.82, 2.24) is 4.98 Å². The van der Waals surface area contributed by atoms with Crippen LogP contribution in [-0.2, 0) is 4.29 Å². The van der Waals surface area contributed by atoms with E-state index in [-0.39, 0.29) is 0 Å². The Morgan fingerprint density at radius 2 is 2.14 bits per heavy atom. The van der Waals surface area contributed by atoms with Crippen molar-refractivity contribution in [2.45, 2.75) is 0 Å². The molecule has 1 heterocycles. The number of rotatable bonds is 1. The topological polar surface area (TPSA) is 39.2 Å². The molecule has 0 unspecified atom stereocenters. The lowest BCUT2D eigenvalue weighted by Gasteiger charge is -1.98. The van der Waals surface area contributed by atoms with Crippen LogP contribution in [0.25, 0.3) is 10.9 Å². The van der Waals surface area contributed by atoms with E-state index in [1.54, 1.807) is 6.07 Å². The normalized spacial score (nSPS) is 10.1. The standard InChI is InChI=1S/C10H6ClNO2/c11-14-10(13)8-5-7-3-1-2-4-9(7)12-6-8/h1-6H. The molecule has 1 aromatic heterocycles. The van der Waals surface area contributed by atoms with Crippen molar-refractivity contribution in [3.05, 3.63) is 42.1 Å². The summed E-state index contributed by atoms with van der Waals surface area (Å²) in [5.74, 6) is -0.593. The van der Waals surface area contributed by atoms with Crippen LogP contribution in [0.2, 0.25) is 0 Å². The monoisotopic (exact) mass is 207 g/mol. The van der Waals surface area contributed by atoms with E-state index < -0.39 is 5.97 Å². The first-order chi connectivity index (χ1) is 6.81. The molecule has 0 spiro atoms. The zero-order valence-corrected chi connectivity index (χ0v) is 7.86. The zero-order chi connectivity index (χ0) is 9.97. The smallest absolute Gasteiger partial charge is 0.343 e. The molecule has 0 atom stereocenters. The number of pyridine rings is 1. The minimum atomic E-state index is -0.593. The van der Waals surface area contributed by atoms with Crippen molar-refractivity contribution < 1.29 is 9.08 Å². The molecule has 14 heavy (non-hydrogen) atoms. The molecule has 2 rings (SSSR count). The van der Waals surface area contributed by atoms with Crippen LogP contribution in [0.15, 0.2) is 36.5 Å². The summed E-state index contributed by atoms with van der Waals surface area (Å²) in [4.78, 5) is 15.2. The van der Waals surface area contributed by atoms with Gasteiger partial charge in [0.15, 0.2) is 0 Å². The highest BCUT2D eigenvalue weighted by molar-refractivity contribution is 6.16. The highest BCUT2D eigenvalue weighted by Crippen LogP contribution is 2.13. The third-order valence-electron chi connectivity index (χ3n) is 1.90. The van der Waals surface area contributed by atoms with E-state index >= 15 is 0 Å². The maximum atomic E-state index is 11.1. The van der Waals surface area contributed by atoms with Crippen molar-refractivity contribution >= 4 is 28.7 Å². The van der Waals surface area contributed by atoms with Crippen LogP contribution >= 0.6 is 11.9 Å². The second-order valence-electron chi connectivity index (χ2n) is 2.78.